The van der Waals surface area contributed by atoms with Gasteiger partial charge in [0.1, 0.15) is 0 Å². The highest BCUT2D eigenvalue weighted by atomic mass is 16.5. The van der Waals surface area contributed by atoms with Gasteiger partial charge in [-0.1, -0.05) is 25.9 Å². The summed E-state index contributed by atoms with van der Waals surface area (Å²) in [5.41, 5.74) is 5.77. The first-order valence-corrected chi connectivity index (χ1v) is 4.46. The number of nitrogens with two attached hydrogens (primary N) is 1. The van der Waals surface area contributed by atoms with E-state index in [0.717, 1.165) is 12.2 Å². The molecule has 1 aromatic rings. The Morgan fingerprint density at radius 3 is 2.46 bits per heavy atom. The Labute approximate surface area is 78.5 Å². The molecule has 0 fully saturated rings. The van der Waals surface area contributed by atoms with Gasteiger partial charge in [0.05, 0.1) is 6.04 Å². The van der Waals surface area contributed by atoms with Crippen LogP contribution in [0, 0.1) is 5.41 Å². The fraction of sp³-hybridized carbons (Fsp3) is 0.778. The Hall–Kier alpha value is -0.900. The van der Waals surface area contributed by atoms with Crippen LogP contribution < -0.4 is 5.73 Å². The summed E-state index contributed by atoms with van der Waals surface area (Å²) < 4.78 is 4.99. The van der Waals surface area contributed by atoms with E-state index in [0.29, 0.717) is 5.89 Å². The highest BCUT2D eigenvalue weighted by molar-refractivity contribution is 4.92. The van der Waals surface area contributed by atoms with Crippen LogP contribution in [0.3, 0.4) is 0 Å². The first-order chi connectivity index (χ1) is 5.88. The quantitative estimate of drug-likeness (QED) is 0.757. The molecule has 4 heteroatoms. The van der Waals surface area contributed by atoms with Crippen molar-refractivity contribution in [2.75, 3.05) is 0 Å². The monoisotopic (exact) mass is 183 g/mol. The maximum Gasteiger partial charge on any atom is 0.243 e. The van der Waals surface area contributed by atoms with Crippen LogP contribution in [0.4, 0.5) is 0 Å². The molecule has 74 valence electrons. The van der Waals surface area contributed by atoms with E-state index in [1.807, 2.05) is 6.92 Å². The van der Waals surface area contributed by atoms with Gasteiger partial charge in [0.15, 0.2) is 5.82 Å². The molecule has 13 heavy (non-hydrogen) atoms. The van der Waals surface area contributed by atoms with E-state index in [9.17, 15) is 0 Å². The number of hydrogen-bond acceptors (Lipinski definition) is 4. The molecule has 0 aliphatic heterocycles. The van der Waals surface area contributed by atoms with Gasteiger partial charge in [-0.3, -0.25) is 0 Å². The van der Waals surface area contributed by atoms with Crippen molar-refractivity contribution in [3.05, 3.63) is 11.7 Å². The number of nitrogens with zero attached hydrogens (tertiary/aromatic N) is 2. The molecular weight excluding hydrogens is 166 g/mol. The fourth-order valence-electron chi connectivity index (χ4n) is 0.999. The molecule has 1 rings (SSSR count). The lowest BCUT2D eigenvalue weighted by Gasteiger charge is -2.14. The summed E-state index contributed by atoms with van der Waals surface area (Å²) in [6.07, 6.45) is 0.809. The predicted octanol–water partition coefficient (Wildman–Crippen LogP) is 1.68. The van der Waals surface area contributed by atoms with Crippen molar-refractivity contribution in [3.63, 3.8) is 0 Å². The third kappa shape index (κ3) is 3.14. The molecule has 0 amide bonds. The molecule has 1 heterocycles. The fourth-order valence-corrected chi connectivity index (χ4v) is 0.999. The maximum absolute atomic E-state index is 5.59. The van der Waals surface area contributed by atoms with Gasteiger partial charge in [0.2, 0.25) is 5.89 Å². The molecule has 2 N–H and O–H groups in total. The van der Waals surface area contributed by atoms with Crippen LogP contribution in [0.5, 0.6) is 0 Å². The zero-order valence-electron chi connectivity index (χ0n) is 8.66. The lowest BCUT2D eigenvalue weighted by Crippen LogP contribution is -2.11. The smallest absolute Gasteiger partial charge is 0.243 e. The van der Waals surface area contributed by atoms with Crippen LogP contribution in [-0.2, 0) is 6.42 Å². The molecule has 0 saturated heterocycles. The molecule has 0 radical (unpaired) electrons. The summed E-state index contributed by atoms with van der Waals surface area (Å²) in [5.74, 6) is 1.25. The zero-order chi connectivity index (χ0) is 10.1. The van der Waals surface area contributed by atoms with Gasteiger partial charge in [0, 0.05) is 6.42 Å². The second-order valence-corrected chi connectivity index (χ2v) is 4.57. The van der Waals surface area contributed by atoms with Crippen molar-refractivity contribution in [1.29, 1.82) is 0 Å². The Bertz CT molecular complexity index is 273. The predicted molar refractivity (Wildman–Crippen MR) is 50.1 cm³/mol. The van der Waals surface area contributed by atoms with Gasteiger partial charge in [-0.15, -0.1) is 0 Å². The summed E-state index contributed by atoms with van der Waals surface area (Å²) in [4.78, 5) is 4.19. The molecule has 1 aromatic heterocycles. The molecule has 1 atom stereocenters. The van der Waals surface area contributed by atoms with E-state index >= 15 is 0 Å². The van der Waals surface area contributed by atoms with Crippen molar-refractivity contribution >= 4 is 0 Å². The standard InChI is InChI=1S/C9H17N3O/c1-6(10)8-11-7(12-13-8)5-9(2,3)4/h6H,5,10H2,1-4H3. The van der Waals surface area contributed by atoms with Crippen molar-refractivity contribution in [3.8, 4) is 0 Å². The van der Waals surface area contributed by atoms with E-state index in [2.05, 4.69) is 30.9 Å². The molecule has 0 aliphatic rings. The van der Waals surface area contributed by atoms with Crippen molar-refractivity contribution in [1.82, 2.24) is 10.1 Å². The third-order valence-corrected chi connectivity index (χ3v) is 1.56. The Morgan fingerprint density at radius 1 is 1.46 bits per heavy atom. The van der Waals surface area contributed by atoms with Crippen LogP contribution in [0.1, 0.15) is 45.5 Å². The lowest BCUT2D eigenvalue weighted by molar-refractivity contribution is 0.344. The minimum absolute atomic E-state index is 0.179. The van der Waals surface area contributed by atoms with E-state index < -0.39 is 0 Å². The van der Waals surface area contributed by atoms with Crippen molar-refractivity contribution < 1.29 is 4.52 Å². The van der Waals surface area contributed by atoms with Gasteiger partial charge in [-0.05, 0) is 12.3 Å². The normalized spacial score (nSPS) is 14.5. The summed E-state index contributed by atoms with van der Waals surface area (Å²) >= 11 is 0. The molecule has 0 bridgehead atoms. The Morgan fingerprint density at radius 2 is 2.08 bits per heavy atom. The third-order valence-electron chi connectivity index (χ3n) is 1.56. The highest BCUT2D eigenvalue weighted by Gasteiger charge is 2.17. The van der Waals surface area contributed by atoms with Crippen LogP contribution in [0.15, 0.2) is 4.52 Å². The van der Waals surface area contributed by atoms with Gasteiger partial charge >= 0.3 is 0 Å². The van der Waals surface area contributed by atoms with Gasteiger partial charge in [-0.25, -0.2) is 0 Å². The van der Waals surface area contributed by atoms with E-state index in [4.69, 9.17) is 10.3 Å². The van der Waals surface area contributed by atoms with Gasteiger partial charge in [-0.2, -0.15) is 4.98 Å². The first kappa shape index (κ1) is 10.2. The average Bonchev–Trinajstić information content (AvgIpc) is 2.31. The molecule has 0 aromatic carbocycles. The Balaban J connectivity index is 2.70. The van der Waals surface area contributed by atoms with Crippen LogP contribution in [-0.4, -0.2) is 10.1 Å². The van der Waals surface area contributed by atoms with Gasteiger partial charge < -0.3 is 10.3 Å². The molecule has 0 saturated carbocycles. The average molecular weight is 183 g/mol. The van der Waals surface area contributed by atoms with Crippen molar-refractivity contribution in [2.24, 2.45) is 11.1 Å². The summed E-state index contributed by atoms with van der Waals surface area (Å²) in [6.45, 7) is 8.23. The van der Waals surface area contributed by atoms with Crippen LogP contribution in [0.25, 0.3) is 0 Å². The minimum Gasteiger partial charge on any atom is -0.338 e. The largest absolute Gasteiger partial charge is 0.338 e. The minimum atomic E-state index is -0.179. The molecule has 0 spiro atoms. The van der Waals surface area contributed by atoms with Crippen LogP contribution in [0.2, 0.25) is 0 Å². The summed E-state index contributed by atoms with van der Waals surface area (Å²) in [6, 6.07) is -0.179. The second-order valence-electron chi connectivity index (χ2n) is 4.57. The SMILES string of the molecule is CC(N)c1nc(CC(C)(C)C)no1. The van der Waals surface area contributed by atoms with Crippen LogP contribution >= 0.6 is 0 Å². The second kappa shape index (κ2) is 3.46. The first-order valence-electron chi connectivity index (χ1n) is 4.46. The summed E-state index contributed by atoms with van der Waals surface area (Å²) in [7, 11) is 0. The van der Waals surface area contributed by atoms with Crippen molar-refractivity contribution in [2.45, 2.75) is 40.2 Å². The topological polar surface area (TPSA) is 64.9 Å². The highest BCUT2D eigenvalue weighted by Crippen LogP contribution is 2.19. The van der Waals surface area contributed by atoms with E-state index in [1.54, 1.807) is 0 Å². The van der Waals surface area contributed by atoms with Gasteiger partial charge in [0.25, 0.3) is 0 Å². The lowest BCUT2D eigenvalue weighted by atomic mass is 9.92. The number of aromatic nitrogens is 2. The molecule has 0 aliphatic carbocycles. The van der Waals surface area contributed by atoms with E-state index in [1.165, 1.54) is 0 Å². The summed E-state index contributed by atoms with van der Waals surface area (Å²) in [5, 5.41) is 3.86. The molecule has 4 nitrogen and oxygen atoms in total. The Kier molecular flexibility index (Phi) is 2.71. The maximum atomic E-state index is 5.59. The molecule has 1 unspecified atom stereocenters. The van der Waals surface area contributed by atoms with E-state index in [-0.39, 0.29) is 11.5 Å². The number of hydrogen-bond donors (Lipinski definition) is 1. The number of rotatable bonds is 2. The zero-order valence-corrected chi connectivity index (χ0v) is 8.66. The molecular formula is C9H17N3O.